The van der Waals surface area contributed by atoms with Crippen molar-refractivity contribution in [1.29, 1.82) is 0 Å². The molecule has 1 rings (SSSR count). The Labute approximate surface area is 140 Å². The highest BCUT2D eigenvalue weighted by Gasteiger charge is 2.51. The summed E-state index contributed by atoms with van der Waals surface area (Å²) in [7, 11) is 5.96. The molecule has 0 aliphatic heterocycles. The summed E-state index contributed by atoms with van der Waals surface area (Å²) in [5.41, 5.74) is -0.929. The maximum atomic E-state index is 12.6. The number of hydrogen-bond donors (Lipinski definition) is 1. The molecule has 6 nitrogen and oxygen atoms in total. The number of unbranched alkanes of at least 4 members (excludes halogenated alkanes) is 1. The molecule has 0 saturated heterocycles. The first-order valence-electron chi connectivity index (χ1n) is 8.43. The highest BCUT2D eigenvalue weighted by atomic mass is 16.6. The van der Waals surface area contributed by atoms with E-state index in [1.165, 1.54) is 0 Å². The van der Waals surface area contributed by atoms with Gasteiger partial charge >= 0.3 is 6.09 Å². The molecule has 0 bridgehead atoms. The van der Waals surface area contributed by atoms with Crippen LogP contribution in [0, 0.1) is 5.41 Å². The molecule has 1 aliphatic carbocycles. The van der Waals surface area contributed by atoms with Gasteiger partial charge in [0.25, 0.3) is 0 Å². The molecule has 134 valence electrons. The van der Waals surface area contributed by atoms with E-state index in [-0.39, 0.29) is 5.91 Å². The third-order valence-corrected chi connectivity index (χ3v) is 3.97. The lowest BCUT2D eigenvalue weighted by Crippen LogP contribution is -2.43. The van der Waals surface area contributed by atoms with Gasteiger partial charge in [0.2, 0.25) is 5.91 Å². The summed E-state index contributed by atoms with van der Waals surface area (Å²) in [5.74, 6) is 0.137. The number of carbonyl (C=O) groups is 2. The van der Waals surface area contributed by atoms with Crippen LogP contribution in [0.15, 0.2) is 0 Å². The van der Waals surface area contributed by atoms with E-state index < -0.39 is 17.1 Å². The minimum Gasteiger partial charge on any atom is -0.444 e. The van der Waals surface area contributed by atoms with Gasteiger partial charge in [-0.25, -0.2) is 4.79 Å². The van der Waals surface area contributed by atoms with E-state index in [1.54, 1.807) is 4.90 Å². The van der Waals surface area contributed by atoms with Crippen LogP contribution in [0.3, 0.4) is 0 Å². The Balaban J connectivity index is 2.35. The molecule has 0 unspecified atom stereocenters. The second-order valence-corrected chi connectivity index (χ2v) is 7.87. The number of hydrogen-bond acceptors (Lipinski definition) is 4. The lowest BCUT2D eigenvalue weighted by Gasteiger charge is -2.25. The van der Waals surface area contributed by atoms with Gasteiger partial charge in [-0.3, -0.25) is 4.79 Å². The average Bonchev–Trinajstić information content (AvgIpc) is 3.19. The Hall–Kier alpha value is -1.30. The minimum atomic E-state index is -0.520. The number of nitrogens with one attached hydrogen (secondary N) is 1. The van der Waals surface area contributed by atoms with Gasteiger partial charge in [0.15, 0.2) is 0 Å². The molecule has 0 aromatic rings. The van der Waals surface area contributed by atoms with E-state index in [1.807, 2.05) is 27.8 Å². The first-order chi connectivity index (χ1) is 10.6. The lowest BCUT2D eigenvalue weighted by atomic mass is 10.1. The smallest absolute Gasteiger partial charge is 0.407 e. The fourth-order valence-corrected chi connectivity index (χ4v) is 2.46. The van der Waals surface area contributed by atoms with Crippen LogP contribution in [0.4, 0.5) is 4.79 Å². The zero-order valence-corrected chi connectivity index (χ0v) is 15.6. The van der Waals surface area contributed by atoms with Crippen molar-refractivity contribution in [3.05, 3.63) is 0 Å². The summed E-state index contributed by atoms with van der Waals surface area (Å²) in [6.45, 7) is 7.64. The summed E-state index contributed by atoms with van der Waals surface area (Å²) in [6.07, 6.45) is 3.29. The topological polar surface area (TPSA) is 61.9 Å². The Kier molecular flexibility index (Phi) is 6.86. The quantitative estimate of drug-likeness (QED) is 0.694. The second kappa shape index (κ2) is 7.99. The van der Waals surface area contributed by atoms with Crippen molar-refractivity contribution >= 4 is 12.0 Å². The number of ether oxygens (including phenoxy) is 1. The fraction of sp³-hybridized carbons (Fsp3) is 0.882. The molecule has 23 heavy (non-hydrogen) atoms. The highest BCUT2D eigenvalue weighted by Crippen LogP contribution is 2.46. The van der Waals surface area contributed by atoms with Crippen molar-refractivity contribution in [3.8, 4) is 0 Å². The number of rotatable bonds is 8. The molecule has 0 spiro atoms. The molecule has 2 amide bonds. The van der Waals surface area contributed by atoms with Crippen molar-refractivity contribution in [1.82, 2.24) is 15.1 Å². The molecule has 0 radical (unpaired) electrons. The molecule has 1 fully saturated rings. The van der Waals surface area contributed by atoms with E-state index in [9.17, 15) is 9.59 Å². The van der Waals surface area contributed by atoms with E-state index in [2.05, 4.69) is 24.3 Å². The minimum absolute atomic E-state index is 0.137. The van der Waals surface area contributed by atoms with Gasteiger partial charge in [-0.1, -0.05) is 0 Å². The fourth-order valence-electron chi connectivity index (χ4n) is 2.46. The monoisotopic (exact) mass is 327 g/mol. The van der Waals surface area contributed by atoms with Crippen molar-refractivity contribution in [2.45, 2.75) is 52.1 Å². The summed E-state index contributed by atoms with van der Waals surface area (Å²) in [4.78, 5) is 28.3. The number of amides is 2. The normalized spacial score (nSPS) is 16.1. The van der Waals surface area contributed by atoms with Crippen LogP contribution in [0.5, 0.6) is 0 Å². The van der Waals surface area contributed by atoms with Gasteiger partial charge in [-0.05, 0) is 67.1 Å². The van der Waals surface area contributed by atoms with Gasteiger partial charge in [-0.2, -0.15) is 0 Å². The van der Waals surface area contributed by atoms with Crippen molar-refractivity contribution in [3.63, 3.8) is 0 Å². The van der Waals surface area contributed by atoms with Crippen LogP contribution in [0.1, 0.15) is 46.5 Å². The Bertz CT molecular complexity index is 412. The van der Waals surface area contributed by atoms with Gasteiger partial charge < -0.3 is 19.9 Å². The van der Waals surface area contributed by atoms with Crippen molar-refractivity contribution in [2.24, 2.45) is 5.41 Å². The zero-order valence-electron chi connectivity index (χ0n) is 15.6. The average molecular weight is 327 g/mol. The number of nitrogens with zero attached hydrogens (tertiary/aromatic N) is 2. The number of carbonyl (C=O) groups excluding carboxylic acids is 2. The molecule has 1 aliphatic rings. The summed E-state index contributed by atoms with van der Waals surface area (Å²) >= 11 is 0. The first kappa shape index (κ1) is 19.7. The van der Waals surface area contributed by atoms with Crippen LogP contribution in [-0.2, 0) is 9.53 Å². The predicted molar refractivity (Wildman–Crippen MR) is 91.3 cm³/mol. The standard InChI is InChI=1S/C17H33N3O3/c1-16(2,3)23-15(22)18-13-17(9-10-17)14(21)20(6)12-8-7-11-19(4)5/h7-13H2,1-6H3,(H,18,22). The molecule has 1 N–H and O–H groups in total. The third kappa shape index (κ3) is 7.20. The van der Waals surface area contributed by atoms with Gasteiger partial charge in [-0.15, -0.1) is 0 Å². The molecular formula is C17H33N3O3. The Morgan fingerprint density at radius 2 is 1.65 bits per heavy atom. The Morgan fingerprint density at radius 3 is 2.13 bits per heavy atom. The SMILES string of the molecule is CN(C)CCCCN(C)C(=O)C1(CNC(=O)OC(C)(C)C)CC1. The van der Waals surface area contributed by atoms with E-state index in [4.69, 9.17) is 4.74 Å². The van der Waals surface area contributed by atoms with E-state index >= 15 is 0 Å². The molecule has 0 atom stereocenters. The zero-order chi connectivity index (χ0) is 17.7. The van der Waals surface area contributed by atoms with Crippen LogP contribution in [-0.4, -0.2) is 68.2 Å². The second-order valence-electron chi connectivity index (χ2n) is 7.87. The predicted octanol–water partition coefficient (Wildman–Crippen LogP) is 2.09. The van der Waals surface area contributed by atoms with E-state index in [0.717, 1.165) is 38.8 Å². The van der Waals surface area contributed by atoms with Crippen LogP contribution >= 0.6 is 0 Å². The summed E-state index contributed by atoms with van der Waals surface area (Å²) in [6, 6.07) is 0. The maximum Gasteiger partial charge on any atom is 0.407 e. The largest absolute Gasteiger partial charge is 0.444 e. The molecule has 0 heterocycles. The molecular weight excluding hydrogens is 294 g/mol. The lowest BCUT2D eigenvalue weighted by molar-refractivity contribution is -0.135. The van der Waals surface area contributed by atoms with E-state index in [0.29, 0.717) is 6.54 Å². The molecule has 1 saturated carbocycles. The van der Waals surface area contributed by atoms with Gasteiger partial charge in [0.1, 0.15) is 5.60 Å². The highest BCUT2D eigenvalue weighted by molar-refractivity contribution is 5.86. The molecule has 6 heteroatoms. The van der Waals surface area contributed by atoms with Crippen molar-refractivity contribution in [2.75, 3.05) is 40.8 Å². The van der Waals surface area contributed by atoms with Gasteiger partial charge in [0, 0.05) is 20.1 Å². The van der Waals surface area contributed by atoms with Crippen molar-refractivity contribution < 1.29 is 14.3 Å². The number of alkyl carbamates (subject to hydrolysis) is 1. The van der Waals surface area contributed by atoms with Crippen LogP contribution in [0.2, 0.25) is 0 Å². The third-order valence-electron chi connectivity index (χ3n) is 3.97. The molecule has 0 aromatic carbocycles. The first-order valence-corrected chi connectivity index (χ1v) is 8.43. The summed E-state index contributed by atoms with van der Waals surface area (Å²) in [5, 5.41) is 2.74. The van der Waals surface area contributed by atoms with Gasteiger partial charge in [0.05, 0.1) is 5.41 Å². The summed E-state index contributed by atoms with van der Waals surface area (Å²) < 4.78 is 5.22. The van der Waals surface area contributed by atoms with Crippen LogP contribution < -0.4 is 5.32 Å². The van der Waals surface area contributed by atoms with Crippen LogP contribution in [0.25, 0.3) is 0 Å². The Morgan fingerprint density at radius 1 is 1.09 bits per heavy atom. The molecule has 0 aromatic heterocycles. The maximum absolute atomic E-state index is 12.6.